The van der Waals surface area contributed by atoms with Crippen molar-refractivity contribution in [3.63, 3.8) is 0 Å². The monoisotopic (exact) mass is 345 g/mol. The smallest absolute Gasteiger partial charge is 0.232 e. The molecule has 0 aliphatic carbocycles. The lowest BCUT2D eigenvalue weighted by molar-refractivity contribution is -0.118. The van der Waals surface area contributed by atoms with Gasteiger partial charge in [0.2, 0.25) is 5.91 Å². The summed E-state index contributed by atoms with van der Waals surface area (Å²) in [7, 11) is 0. The second kappa shape index (κ2) is 8.18. The van der Waals surface area contributed by atoms with E-state index in [2.05, 4.69) is 10.2 Å². The van der Waals surface area contributed by atoms with Crippen LogP contribution in [0.15, 0.2) is 48.5 Å². The minimum absolute atomic E-state index is 0.100. The molecular weight excluding hydrogens is 324 g/mol. The fourth-order valence-corrected chi connectivity index (χ4v) is 2.92. The second-order valence-electron chi connectivity index (χ2n) is 6.02. The Bertz CT molecular complexity index is 652. The predicted octanol–water partition coefficient (Wildman–Crippen LogP) is 2.92. The van der Waals surface area contributed by atoms with Crippen molar-refractivity contribution in [2.75, 3.05) is 37.6 Å². The van der Waals surface area contributed by atoms with Crippen LogP contribution in [-0.2, 0) is 4.79 Å². The highest BCUT2D eigenvalue weighted by molar-refractivity contribution is 6.00. The Morgan fingerprint density at radius 2 is 1.40 bits per heavy atom. The van der Waals surface area contributed by atoms with Crippen LogP contribution in [0.2, 0.25) is 0 Å². The summed E-state index contributed by atoms with van der Waals surface area (Å²) >= 11 is 0. The molecule has 25 heavy (non-hydrogen) atoms. The van der Waals surface area contributed by atoms with Crippen LogP contribution in [0.3, 0.4) is 0 Å². The number of hydrogen-bond donors (Lipinski definition) is 1. The SMILES string of the molecule is O=C(CCN1CCNCC1)N(c1ccc(F)cc1)c1ccc(F)cc1. The van der Waals surface area contributed by atoms with Crippen LogP contribution in [0.25, 0.3) is 0 Å². The molecule has 0 atom stereocenters. The molecule has 1 amide bonds. The van der Waals surface area contributed by atoms with Gasteiger partial charge in [0.25, 0.3) is 0 Å². The van der Waals surface area contributed by atoms with E-state index in [0.717, 1.165) is 26.2 Å². The minimum Gasteiger partial charge on any atom is -0.314 e. The number of carbonyl (C=O) groups is 1. The molecule has 0 unspecified atom stereocenters. The summed E-state index contributed by atoms with van der Waals surface area (Å²) in [5, 5.41) is 3.28. The van der Waals surface area contributed by atoms with Crippen LogP contribution >= 0.6 is 0 Å². The summed E-state index contributed by atoms with van der Waals surface area (Å²) < 4.78 is 26.5. The van der Waals surface area contributed by atoms with E-state index in [-0.39, 0.29) is 17.5 Å². The van der Waals surface area contributed by atoms with E-state index < -0.39 is 0 Å². The van der Waals surface area contributed by atoms with Gasteiger partial charge < -0.3 is 10.2 Å². The first-order valence-electron chi connectivity index (χ1n) is 8.40. The van der Waals surface area contributed by atoms with Crippen molar-refractivity contribution in [2.24, 2.45) is 0 Å². The van der Waals surface area contributed by atoms with Crippen molar-refractivity contribution >= 4 is 17.3 Å². The molecule has 1 aliphatic heterocycles. The number of benzene rings is 2. The molecule has 0 radical (unpaired) electrons. The van der Waals surface area contributed by atoms with Gasteiger partial charge in [-0.15, -0.1) is 0 Å². The highest BCUT2D eigenvalue weighted by atomic mass is 19.1. The van der Waals surface area contributed by atoms with Gasteiger partial charge in [-0.3, -0.25) is 9.69 Å². The molecule has 3 rings (SSSR count). The second-order valence-corrected chi connectivity index (χ2v) is 6.02. The number of nitrogens with zero attached hydrogens (tertiary/aromatic N) is 2. The number of nitrogens with one attached hydrogen (secondary N) is 1. The molecule has 1 aliphatic rings. The molecule has 0 aromatic heterocycles. The van der Waals surface area contributed by atoms with Gasteiger partial charge in [0.15, 0.2) is 0 Å². The number of rotatable bonds is 5. The number of anilines is 2. The van der Waals surface area contributed by atoms with Gasteiger partial charge in [-0.1, -0.05) is 0 Å². The van der Waals surface area contributed by atoms with Crippen LogP contribution in [0, 0.1) is 11.6 Å². The third kappa shape index (κ3) is 4.61. The molecule has 4 nitrogen and oxygen atoms in total. The summed E-state index contributed by atoms with van der Waals surface area (Å²) in [6.45, 7) is 4.35. The van der Waals surface area contributed by atoms with E-state index in [1.165, 1.54) is 29.2 Å². The van der Waals surface area contributed by atoms with Crippen molar-refractivity contribution in [3.05, 3.63) is 60.2 Å². The summed E-state index contributed by atoms with van der Waals surface area (Å²) in [4.78, 5) is 16.6. The molecular formula is C19H21F2N3O. The highest BCUT2D eigenvalue weighted by Crippen LogP contribution is 2.27. The Kier molecular flexibility index (Phi) is 5.73. The quantitative estimate of drug-likeness (QED) is 0.905. The van der Waals surface area contributed by atoms with Crippen molar-refractivity contribution in [3.8, 4) is 0 Å². The van der Waals surface area contributed by atoms with E-state index >= 15 is 0 Å². The molecule has 1 heterocycles. The van der Waals surface area contributed by atoms with E-state index in [0.29, 0.717) is 24.3 Å². The molecule has 0 bridgehead atoms. The minimum atomic E-state index is -0.365. The number of carbonyl (C=O) groups excluding carboxylic acids is 1. The average Bonchev–Trinajstić information content (AvgIpc) is 2.64. The van der Waals surface area contributed by atoms with Gasteiger partial charge in [-0.2, -0.15) is 0 Å². The lowest BCUT2D eigenvalue weighted by Gasteiger charge is -2.28. The van der Waals surface area contributed by atoms with Gasteiger partial charge >= 0.3 is 0 Å². The Balaban J connectivity index is 1.78. The number of amides is 1. The Hall–Kier alpha value is -2.31. The summed E-state index contributed by atoms with van der Waals surface area (Å²) in [5.74, 6) is -0.830. The number of halogens is 2. The Morgan fingerprint density at radius 1 is 0.920 bits per heavy atom. The van der Waals surface area contributed by atoms with E-state index in [9.17, 15) is 13.6 Å². The topological polar surface area (TPSA) is 35.6 Å². The normalized spacial score (nSPS) is 15.1. The maximum Gasteiger partial charge on any atom is 0.232 e. The maximum atomic E-state index is 13.2. The van der Waals surface area contributed by atoms with Crippen LogP contribution in [0.5, 0.6) is 0 Å². The first-order chi connectivity index (χ1) is 12.1. The van der Waals surface area contributed by atoms with Crippen molar-refractivity contribution in [1.29, 1.82) is 0 Å². The van der Waals surface area contributed by atoms with Crippen LogP contribution < -0.4 is 10.2 Å². The zero-order valence-electron chi connectivity index (χ0n) is 13.9. The van der Waals surface area contributed by atoms with Crippen molar-refractivity contribution < 1.29 is 13.6 Å². The molecule has 6 heteroatoms. The fraction of sp³-hybridized carbons (Fsp3) is 0.316. The molecule has 2 aromatic rings. The molecule has 0 saturated carbocycles. The first-order valence-corrected chi connectivity index (χ1v) is 8.40. The summed E-state index contributed by atoms with van der Waals surface area (Å²) in [5.41, 5.74) is 1.14. The van der Waals surface area contributed by atoms with Crippen molar-refractivity contribution in [2.45, 2.75) is 6.42 Å². The number of piperazine rings is 1. The van der Waals surface area contributed by atoms with Gasteiger partial charge in [0.1, 0.15) is 11.6 Å². The lowest BCUT2D eigenvalue weighted by Crippen LogP contribution is -2.44. The van der Waals surface area contributed by atoms with Crippen molar-refractivity contribution in [1.82, 2.24) is 10.2 Å². The maximum absolute atomic E-state index is 13.2. The standard InChI is InChI=1S/C19H21F2N3O/c20-15-1-5-17(6-2-15)24(18-7-3-16(21)4-8-18)19(25)9-12-23-13-10-22-11-14-23/h1-8,22H,9-14H2. The molecule has 132 valence electrons. The molecule has 1 saturated heterocycles. The zero-order chi connectivity index (χ0) is 17.6. The third-order valence-corrected chi connectivity index (χ3v) is 4.27. The summed E-state index contributed by atoms with van der Waals surface area (Å²) in [6.07, 6.45) is 0.342. The van der Waals surface area contributed by atoms with Gasteiger partial charge in [0, 0.05) is 50.5 Å². The predicted molar refractivity (Wildman–Crippen MR) is 93.9 cm³/mol. The van der Waals surface area contributed by atoms with E-state index in [4.69, 9.17) is 0 Å². The molecule has 2 aromatic carbocycles. The lowest BCUT2D eigenvalue weighted by atomic mass is 10.2. The zero-order valence-corrected chi connectivity index (χ0v) is 13.9. The average molecular weight is 345 g/mol. The van der Waals surface area contributed by atoms with Gasteiger partial charge in [-0.05, 0) is 48.5 Å². The van der Waals surface area contributed by atoms with E-state index in [1.54, 1.807) is 24.3 Å². The molecule has 1 N–H and O–H groups in total. The van der Waals surface area contributed by atoms with Gasteiger partial charge in [-0.25, -0.2) is 8.78 Å². The Morgan fingerprint density at radius 3 is 1.88 bits per heavy atom. The van der Waals surface area contributed by atoms with Crippen LogP contribution in [-0.4, -0.2) is 43.5 Å². The van der Waals surface area contributed by atoms with Gasteiger partial charge in [0.05, 0.1) is 0 Å². The molecule has 1 fully saturated rings. The third-order valence-electron chi connectivity index (χ3n) is 4.27. The van der Waals surface area contributed by atoms with Crippen LogP contribution in [0.4, 0.5) is 20.2 Å². The number of hydrogen-bond acceptors (Lipinski definition) is 3. The largest absolute Gasteiger partial charge is 0.314 e. The van der Waals surface area contributed by atoms with E-state index in [1.807, 2.05) is 0 Å². The molecule has 0 spiro atoms. The van der Waals surface area contributed by atoms with Crippen LogP contribution in [0.1, 0.15) is 6.42 Å². The Labute approximate surface area is 146 Å². The fourth-order valence-electron chi connectivity index (χ4n) is 2.92. The highest BCUT2D eigenvalue weighted by Gasteiger charge is 2.20. The summed E-state index contributed by atoms with van der Waals surface area (Å²) in [6, 6.07) is 11.5. The first kappa shape index (κ1) is 17.5.